The molecule has 1 aliphatic heterocycles. The Morgan fingerprint density at radius 1 is 1.40 bits per heavy atom. The fourth-order valence-electron chi connectivity index (χ4n) is 2.55. The molecule has 0 aromatic heterocycles. The number of carbonyl (C=O) groups is 1. The van der Waals surface area contributed by atoms with E-state index in [9.17, 15) is 4.79 Å². The lowest BCUT2D eigenvalue weighted by Crippen LogP contribution is -2.27. The van der Waals surface area contributed by atoms with Crippen LogP contribution in [0.25, 0.3) is 0 Å². The minimum atomic E-state index is 0. The van der Waals surface area contributed by atoms with Gasteiger partial charge < -0.3 is 10.6 Å². The highest BCUT2D eigenvalue weighted by Gasteiger charge is 2.15. The van der Waals surface area contributed by atoms with Crippen LogP contribution in [0.3, 0.4) is 0 Å². The molecule has 0 saturated carbocycles. The van der Waals surface area contributed by atoms with Crippen LogP contribution in [0.2, 0.25) is 0 Å². The largest absolute Gasteiger partial charge is 0.356 e. The highest BCUT2D eigenvalue weighted by atomic mass is 35.5. The van der Waals surface area contributed by atoms with E-state index in [1.807, 2.05) is 18.2 Å². The van der Waals surface area contributed by atoms with E-state index in [0.29, 0.717) is 18.3 Å². The Hall–Kier alpha value is -1.06. The van der Waals surface area contributed by atoms with Gasteiger partial charge in [-0.1, -0.05) is 37.3 Å². The fourth-order valence-corrected chi connectivity index (χ4v) is 2.55. The zero-order valence-electron chi connectivity index (χ0n) is 12.1. The monoisotopic (exact) mass is 296 g/mol. The van der Waals surface area contributed by atoms with E-state index in [0.717, 1.165) is 26.1 Å². The summed E-state index contributed by atoms with van der Waals surface area (Å²) in [5.74, 6) is 1.25. The Kier molecular flexibility index (Phi) is 7.63. The summed E-state index contributed by atoms with van der Waals surface area (Å²) in [5, 5.41) is 6.38. The van der Waals surface area contributed by atoms with Gasteiger partial charge in [-0.3, -0.25) is 4.79 Å². The smallest absolute Gasteiger partial charge is 0.220 e. The minimum Gasteiger partial charge on any atom is -0.356 e. The molecule has 1 aromatic carbocycles. The molecule has 2 atom stereocenters. The van der Waals surface area contributed by atoms with E-state index in [1.54, 1.807) is 0 Å². The Balaban J connectivity index is 0.00000200. The predicted octanol–water partition coefficient (Wildman–Crippen LogP) is 2.72. The van der Waals surface area contributed by atoms with Crippen LogP contribution in [0.15, 0.2) is 30.3 Å². The minimum absolute atomic E-state index is 0. The van der Waals surface area contributed by atoms with Crippen LogP contribution in [-0.4, -0.2) is 25.5 Å². The Labute approximate surface area is 127 Å². The predicted molar refractivity (Wildman–Crippen MR) is 85.3 cm³/mol. The van der Waals surface area contributed by atoms with Crippen LogP contribution in [0.4, 0.5) is 0 Å². The van der Waals surface area contributed by atoms with Crippen molar-refractivity contribution in [3.05, 3.63) is 35.9 Å². The van der Waals surface area contributed by atoms with Gasteiger partial charge in [0.1, 0.15) is 0 Å². The standard InChI is InChI=1S/C16H24N2O.ClH/c1-13(15-5-3-2-4-6-15)11-18-16(19)8-7-14-9-10-17-12-14;/h2-6,13-14,17H,7-12H2,1H3,(H,18,19);1H. The lowest BCUT2D eigenvalue weighted by Gasteiger charge is -2.13. The number of hydrogen-bond acceptors (Lipinski definition) is 2. The van der Waals surface area contributed by atoms with Crippen molar-refractivity contribution in [2.75, 3.05) is 19.6 Å². The first-order valence-corrected chi connectivity index (χ1v) is 7.28. The number of amides is 1. The molecule has 2 N–H and O–H groups in total. The molecule has 1 fully saturated rings. The Bertz CT molecular complexity index is 391. The van der Waals surface area contributed by atoms with Gasteiger partial charge in [0.15, 0.2) is 0 Å². The van der Waals surface area contributed by atoms with Crippen LogP contribution in [0.5, 0.6) is 0 Å². The van der Waals surface area contributed by atoms with Gasteiger partial charge in [0.2, 0.25) is 5.91 Å². The third-order valence-electron chi connectivity index (χ3n) is 3.92. The molecular weight excluding hydrogens is 272 g/mol. The first kappa shape index (κ1) is 17.0. The molecule has 2 unspecified atom stereocenters. The van der Waals surface area contributed by atoms with E-state index in [1.165, 1.54) is 12.0 Å². The highest BCUT2D eigenvalue weighted by molar-refractivity contribution is 5.85. The van der Waals surface area contributed by atoms with Crippen LogP contribution in [0, 0.1) is 5.92 Å². The summed E-state index contributed by atoms with van der Waals surface area (Å²) in [6.07, 6.45) is 2.89. The van der Waals surface area contributed by atoms with E-state index in [-0.39, 0.29) is 18.3 Å². The number of carbonyl (C=O) groups excluding carboxylic acids is 1. The summed E-state index contributed by atoms with van der Waals surface area (Å²) < 4.78 is 0. The van der Waals surface area contributed by atoms with Crippen molar-refractivity contribution >= 4 is 18.3 Å². The summed E-state index contributed by atoms with van der Waals surface area (Å²) in [5.41, 5.74) is 1.28. The van der Waals surface area contributed by atoms with Crippen molar-refractivity contribution in [3.63, 3.8) is 0 Å². The molecule has 0 radical (unpaired) electrons. The van der Waals surface area contributed by atoms with Crippen LogP contribution in [0.1, 0.15) is 37.7 Å². The molecule has 1 aliphatic rings. The van der Waals surface area contributed by atoms with E-state index < -0.39 is 0 Å². The van der Waals surface area contributed by atoms with Crippen LogP contribution < -0.4 is 10.6 Å². The Morgan fingerprint density at radius 3 is 2.80 bits per heavy atom. The van der Waals surface area contributed by atoms with Gasteiger partial charge in [-0.05, 0) is 43.3 Å². The van der Waals surface area contributed by atoms with Crippen molar-refractivity contribution < 1.29 is 4.79 Å². The molecule has 0 spiro atoms. The van der Waals surface area contributed by atoms with Crippen LogP contribution in [-0.2, 0) is 4.79 Å². The zero-order valence-corrected chi connectivity index (χ0v) is 12.9. The summed E-state index contributed by atoms with van der Waals surface area (Å²) >= 11 is 0. The molecule has 112 valence electrons. The van der Waals surface area contributed by atoms with Crippen molar-refractivity contribution in [2.24, 2.45) is 5.92 Å². The maximum Gasteiger partial charge on any atom is 0.220 e. The molecule has 1 heterocycles. The number of nitrogens with one attached hydrogen (secondary N) is 2. The quantitative estimate of drug-likeness (QED) is 0.847. The average molecular weight is 297 g/mol. The summed E-state index contributed by atoms with van der Waals surface area (Å²) in [6.45, 7) is 5.06. The molecular formula is C16H25ClN2O. The highest BCUT2D eigenvalue weighted by Crippen LogP contribution is 2.15. The fraction of sp³-hybridized carbons (Fsp3) is 0.562. The second-order valence-electron chi connectivity index (χ2n) is 5.51. The van der Waals surface area contributed by atoms with Gasteiger partial charge in [-0.15, -0.1) is 12.4 Å². The first-order valence-electron chi connectivity index (χ1n) is 7.28. The molecule has 1 aromatic rings. The van der Waals surface area contributed by atoms with E-state index >= 15 is 0 Å². The van der Waals surface area contributed by atoms with Crippen molar-refractivity contribution in [1.29, 1.82) is 0 Å². The second-order valence-corrected chi connectivity index (χ2v) is 5.51. The normalized spacial score (nSPS) is 19.1. The number of rotatable bonds is 6. The van der Waals surface area contributed by atoms with Gasteiger partial charge >= 0.3 is 0 Å². The van der Waals surface area contributed by atoms with Gasteiger partial charge in [0, 0.05) is 13.0 Å². The van der Waals surface area contributed by atoms with Crippen molar-refractivity contribution in [2.45, 2.75) is 32.1 Å². The molecule has 0 bridgehead atoms. The second kappa shape index (κ2) is 8.98. The van der Waals surface area contributed by atoms with Gasteiger partial charge in [-0.25, -0.2) is 0 Å². The summed E-state index contributed by atoms with van der Waals surface area (Å²) in [7, 11) is 0. The number of benzene rings is 1. The molecule has 2 rings (SSSR count). The van der Waals surface area contributed by atoms with Crippen molar-refractivity contribution in [1.82, 2.24) is 10.6 Å². The maximum atomic E-state index is 11.8. The summed E-state index contributed by atoms with van der Waals surface area (Å²) in [4.78, 5) is 11.8. The molecule has 3 nitrogen and oxygen atoms in total. The van der Waals surface area contributed by atoms with Gasteiger partial charge in [-0.2, -0.15) is 0 Å². The van der Waals surface area contributed by atoms with Gasteiger partial charge in [0.25, 0.3) is 0 Å². The SMILES string of the molecule is CC(CNC(=O)CCC1CCNC1)c1ccccc1.Cl. The summed E-state index contributed by atoms with van der Waals surface area (Å²) in [6, 6.07) is 10.3. The zero-order chi connectivity index (χ0) is 13.5. The molecule has 1 amide bonds. The van der Waals surface area contributed by atoms with Crippen LogP contribution >= 0.6 is 12.4 Å². The molecule has 4 heteroatoms. The first-order chi connectivity index (χ1) is 9.25. The molecule has 0 aliphatic carbocycles. The molecule has 1 saturated heterocycles. The molecule has 20 heavy (non-hydrogen) atoms. The van der Waals surface area contributed by atoms with Crippen molar-refractivity contribution in [3.8, 4) is 0 Å². The lowest BCUT2D eigenvalue weighted by atomic mass is 10.0. The topological polar surface area (TPSA) is 41.1 Å². The third-order valence-corrected chi connectivity index (χ3v) is 3.92. The maximum absolute atomic E-state index is 11.8. The van der Waals surface area contributed by atoms with Gasteiger partial charge in [0.05, 0.1) is 0 Å². The van der Waals surface area contributed by atoms with E-state index in [2.05, 4.69) is 29.7 Å². The Morgan fingerprint density at radius 2 is 2.15 bits per heavy atom. The lowest BCUT2D eigenvalue weighted by molar-refractivity contribution is -0.121. The van der Waals surface area contributed by atoms with E-state index in [4.69, 9.17) is 0 Å². The third kappa shape index (κ3) is 5.51. The number of hydrogen-bond donors (Lipinski definition) is 2. The number of halogens is 1. The average Bonchev–Trinajstić information content (AvgIpc) is 2.96.